The molecule has 0 aromatic heterocycles. The minimum absolute atomic E-state index is 0.766. The normalized spacial score (nSPS) is 11.6. The molecule has 0 aliphatic carbocycles. The maximum absolute atomic E-state index is 9.64. The van der Waals surface area contributed by atoms with Crippen LogP contribution in [0.4, 0.5) is 0 Å². The van der Waals surface area contributed by atoms with Gasteiger partial charge in [-0.15, -0.1) is 0 Å². The molecule has 0 amide bonds. The molecule has 0 bridgehead atoms. The largest absolute Gasteiger partial charge is 0.386 e. The van der Waals surface area contributed by atoms with Gasteiger partial charge in [0.1, 0.15) is 0 Å². The molecule has 0 aliphatic heterocycles. The van der Waals surface area contributed by atoms with Crippen molar-refractivity contribution >= 4 is 15.4 Å². The van der Waals surface area contributed by atoms with Crippen molar-refractivity contribution in [3.05, 3.63) is 29.8 Å². The van der Waals surface area contributed by atoms with Crippen LogP contribution in [0.15, 0.2) is 24.3 Å². The Morgan fingerprint density at radius 1 is 1.27 bits per heavy atom. The summed E-state index contributed by atoms with van der Waals surface area (Å²) in [6.45, 7) is 3.54. The van der Waals surface area contributed by atoms with Gasteiger partial charge < -0.3 is 5.11 Å². The topological polar surface area (TPSA) is 20.2 Å². The van der Waals surface area contributed by atoms with Gasteiger partial charge in [-0.05, 0) is 19.4 Å². The van der Waals surface area contributed by atoms with Crippen molar-refractivity contribution in [3.63, 3.8) is 0 Å². The van der Waals surface area contributed by atoms with Gasteiger partial charge in [0.25, 0.3) is 0 Å². The molecular formula is C9H11OSi. The number of rotatable bonds is 1. The molecule has 57 valence electrons. The molecule has 0 spiro atoms. The maximum atomic E-state index is 9.64. The van der Waals surface area contributed by atoms with Crippen molar-refractivity contribution in [2.24, 2.45) is 0 Å². The van der Waals surface area contributed by atoms with Gasteiger partial charge in [0.15, 0.2) is 0 Å². The Bertz CT molecular complexity index is 250. The highest BCUT2D eigenvalue weighted by Gasteiger charge is 2.16. The molecule has 11 heavy (non-hydrogen) atoms. The highest BCUT2D eigenvalue weighted by atomic mass is 28.1. The summed E-state index contributed by atoms with van der Waals surface area (Å²) in [5.74, 6) is 0. The van der Waals surface area contributed by atoms with E-state index in [0.29, 0.717) is 0 Å². The predicted octanol–water partition coefficient (Wildman–Crippen LogP) is 0.708. The van der Waals surface area contributed by atoms with Crippen LogP contribution in [0.25, 0.3) is 0 Å². The molecule has 3 radical (unpaired) electrons. The zero-order valence-corrected chi connectivity index (χ0v) is 7.76. The highest BCUT2D eigenvalue weighted by molar-refractivity contribution is 6.33. The van der Waals surface area contributed by atoms with Gasteiger partial charge in [-0.25, -0.2) is 0 Å². The minimum Gasteiger partial charge on any atom is -0.386 e. The van der Waals surface area contributed by atoms with Gasteiger partial charge in [0.05, 0.1) is 15.8 Å². The van der Waals surface area contributed by atoms with E-state index in [1.165, 1.54) is 0 Å². The Balaban J connectivity index is 3.14. The number of benzene rings is 1. The van der Waals surface area contributed by atoms with E-state index in [4.69, 9.17) is 0 Å². The lowest BCUT2D eigenvalue weighted by Crippen LogP contribution is -2.25. The third-order valence-corrected chi connectivity index (χ3v) is 2.02. The quantitative estimate of drug-likeness (QED) is 0.604. The van der Waals surface area contributed by atoms with Gasteiger partial charge in [-0.1, -0.05) is 29.5 Å². The van der Waals surface area contributed by atoms with Crippen molar-refractivity contribution < 1.29 is 5.11 Å². The van der Waals surface area contributed by atoms with Crippen LogP contribution in [0.1, 0.15) is 19.4 Å². The van der Waals surface area contributed by atoms with Gasteiger partial charge in [-0.3, -0.25) is 0 Å². The molecule has 1 rings (SSSR count). The van der Waals surface area contributed by atoms with Crippen molar-refractivity contribution in [3.8, 4) is 0 Å². The van der Waals surface area contributed by atoms with E-state index in [0.717, 1.165) is 10.8 Å². The van der Waals surface area contributed by atoms with Crippen LogP contribution in [-0.4, -0.2) is 15.3 Å². The maximum Gasteiger partial charge on any atom is 0.0839 e. The van der Waals surface area contributed by atoms with E-state index >= 15 is 0 Å². The summed E-state index contributed by atoms with van der Waals surface area (Å²) in [6.07, 6.45) is 0. The Morgan fingerprint density at radius 2 is 1.82 bits per heavy atom. The van der Waals surface area contributed by atoms with E-state index in [2.05, 4.69) is 10.2 Å². The fourth-order valence-corrected chi connectivity index (χ4v) is 1.50. The smallest absolute Gasteiger partial charge is 0.0839 e. The summed E-state index contributed by atoms with van der Waals surface area (Å²) in [6, 6.07) is 7.67. The summed E-state index contributed by atoms with van der Waals surface area (Å²) >= 11 is 0. The second-order valence-corrected chi connectivity index (χ2v) is 3.64. The predicted molar refractivity (Wildman–Crippen MR) is 47.1 cm³/mol. The third kappa shape index (κ3) is 1.91. The molecule has 0 unspecified atom stereocenters. The number of aliphatic hydroxyl groups is 1. The lowest BCUT2D eigenvalue weighted by molar-refractivity contribution is 0.0797. The van der Waals surface area contributed by atoms with Crippen LogP contribution < -0.4 is 5.19 Å². The molecule has 0 aliphatic rings. The van der Waals surface area contributed by atoms with Crippen LogP contribution in [-0.2, 0) is 5.60 Å². The average Bonchev–Trinajstić information content (AvgIpc) is 1.86. The summed E-state index contributed by atoms with van der Waals surface area (Å²) in [5, 5.41) is 10.6. The van der Waals surface area contributed by atoms with Crippen LogP contribution in [0.2, 0.25) is 0 Å². The lowest BCUT2D eigenvalue weighted by atomic mass is 9.99. The Kier molecular flexibility index (Phi) is 2.16. The summed E-state index contributed by atoms with van der Waals surface area (Å²) in [5.41, 5.74) is 0.148. The molecule has 0 atom stereocenters. The molecular weight excluding hydrogens is 152 g/mol. The van der Waals surface area contributed by atoms with Crippen LogP contribution in [0.3, 0.4) is 0 Å². The fourth-order valence-electron chi connectivity index (χ4n) is 1.02. The molecule has 1 N–H and O–H groups in total. The Hall–Kier alpha value is -0.603. The molecule has 0 saturated heterocycles. The molecule has 1 aromatic carbocycles. The molecule has 0 saturated carbocycles. The van der Waals surface area contributed by atoms with Gasteiger partial charge >= 0.3 is 0 Å². The van der Waals surface area contributed by atoms with Crippen LogP contribution in [0.5, 0.6) is 0 Å². The molecule has 0 fully saturated rings. The van der Waals surface area contributed by atoms with Crippen molar-refractivity contribution in [1.29, 1.82) is 0 Å². The Morgan fingerprint density at radius 3 is 2.18 bits per heavy atom. The Labute approximate surface area is 70.5 Å². The first-order valence-electron chi connectivity index (χ1n) is 3.55. The summed E-state index contributed by atoms with van der Waals surface area (Å²) < 4.78 is 0. The summed E-state index contributed by atoms with van der Waals surface area (Å²) in [4.78, 5) is 0. The average molecular weight is 163 g/mol. The first kappa shape index (κ1) is 8.49. The third-order valence-electron chi connectivity index (χ3n) is 1.59. The van der Waals surface area contributed by atoms with Crippen LogP contribution in [0, 0.1) is 0 Å². The number of hydrogen-bond donors (Lipinski definition) is 1. The van der Waals surface area contributed by atoms with E-state index < -0.39 is 5.60 Å². The second kappa shape index (κ2) is 2.79. The first-order chi connectivity index (χ1) is 5.02. The van der Waals surface area contributed by atoms with E-state index in [-0.39, 0.29) is 0 Å². The van der Waals surface area contributed by atoms with Crippen molar-refractivity contribution in [1.82, 2.24) is 0 Å². The zero-order chi connectivity index (χ0) is 8.48. The zero-order valence-electron chi connectivity index (χ0n) is 6.76. The minimum atomic E-state index is -0.766. The molecule has 1 aromatic rings. The van der Waals surface area contributed by atoms with Crippen molar-refractivity contribution in [2.45, 2.75) is 19.4 Å². The van der Waals surface area contributed by atoms with Gasteiger partial charge in [-0.2, -0.15) is 0 Å². The molecule has 1 nitrogen and oxygen atoms in total. The first-order valence-corrected chi connectivity index (χ1v) is 4.05. The van der Waals surface area contributed by atoms with E-state index in [9.17, 15) is 5.11 Å². The standard InChI is InChI=1S/C9H11OSi/c1-9(2,10)7-5-3-4-6-8(7)11/h3-6,10H,1-2H3. The SMILES string of the molecule is CC(C)(O)c1ccccc1[Si]. The van der Waals surface area contributed by atoms with Crippen molar-refractivity contribution in [2.75, 3.05) is 0 Å². The van der Waals surface area contributed by atoms with Gasteiger partial charge in [0, 0.05) is 0 Å². The second-order valence-electron chi connectivity index (χ2n) is 3.10. The van der Waals surface area contributed by atoms with E-state index in [1.807, 2.05) is 24.3 Å². The van der Waals surface area contributed by atoms with Gasteiger partial charge in [0.2, 0.25) is 0 Å². The lowest BCUT2D eigenvalue weighted by Gasteiger charge is -2.19. The number of hydrogen-bond acceptors (Lipinski definition) is 1. The monoisotopic (exact) mass is 163 g/mol. The fraction of sp³-hybridized carbons (Fsp3) is 0.333. The summed E-state index contributed by atoms with van der Waals surface area (Å²) in [7, 11) is 3.42. The highest BCUT2D eigenvalue weighted by Crippen LogP contribution is 2.15. The molecule has 2 heteroatoms. The van der Waals surface area contributed by atoms with Crippen LogP contribution >= 0.6 is 0 Å². The van der Waals surface area contributed by atoms with E-state index in [1.54, 1.807) is 13.8 Å². The molecule has 0 heterocycles.